The van der Waals surface area contributed by atoms with Gasteiger partial charge in [-0.2, -0.15) is 13.2 Å². The zero-order valence-electron chi connectivity index (χ0n) is 7.23. The monoisotopic (exact) mass is 238 g/mol. The van der Waals surface area contributed by atoms with E-state index < -0.39 is 28.9 Å². The lowest BCUT2D eigenvalue weighted by atomic mass is 10.1. The Kier molecular flexibility index (Phi) is 2.81. The number of alkyl halides is 3. The number of hydrogen-bond acceptors (Lipinski definition) is 2. The van der Waals surface area contributed by atoms with Gasteiger partial charge >= 0.3 is 6.18 Å². The Morgan fingerprint density at radius 1 is 1.33 bits per heavy atom. The zero-order chi connectivity index (χ0) is 11.8. The molecule has 0 spiro atoms. The van der Waals surface area contributed by atoms with Crippen LogP contribution in [-0.2, 0) is 6.18 Å². The molecule has 1 aromatic rings. The average Bonchev–Trinajstić information content (AvgIpc) is 2.00. The first kappa shape index (κ1) is 11.6. The maximum Gasteiger partial charge on any atom is 0.418 e. The highest BCUT2D eigenvalue weighted by atomic mass is 35.5. The minimum Gasteiger partial charge on any atom is -0.398 e. The maximum atomic E-state index is 12.3. The van der Waals surface area contributed by atoms with E-state index in [2.05, 4.69) is 0 Å². The van der Waals surface area contributed by atoms with Gasteiger partial charge in [0.05, 0.1) is 16.1 Å². The first-order valence-corrected chi connectivity index (χ1v) is 4.07. The van der Waals surface area contributed by atoms with Crippen molar-refractivity contribution in [2.24, 2.45) is 5.73 Å². The Morgan fingerprint density at radius 2 is 1.87 bits per heavy atom. The average molecular weight is 239 g/mol. The van der Waals surface area contributed by atoms with Crippen LogP contribution in [0.1, 0.15) is 15.9 Å². The summed E-state index contributed by atoms with van der Waals surface area (Å²) in [5.74, 6) is -1.04. The predicted octanol–water partition coefficient (Wildman–Crippen LogP) is 2.04. The largest absolute Gasteiger partial charge is 0.418 e. The number of hydrogen-bond donors (Lipinski definition) is 2. The van der Waals surface area contributed by atoms with Gasteiger partial charge in [0.1, 0.15) is 0 Å². The summed E-state index contributed by atoms with van der Waals surface area (Å²) in [7, 11) is 0. The Morgan fingerprint density at radius 3 is 2.27 bits per heavy atom. The number of carbonyl (C=O) groups excluding carboxylic acids is 1. The van der Waals surface area contributed by atoms with Gasteiger partial charge in [-0.1, -0.05) is 11.6 Å². The van der Waals surface area contributed by atoms with Crippen LogP contribution in [0.5, 0.6) is 0 Å². The number of nitrogens with two attached hydrogens (primary N) is 2. The molecular formula is C8H6ClF3N2O. The highest BCUT2D eigenvalue weighted by molar-refractivity contribution is 6.34. The van der Waals surface area contributed by atoms with Crippen LogP contribution in [0.25, 0.3) is 0 Å². The second-order valence-electron chi connectivity index (χ2n) is 2.78. The number of nitrogen functional groups attached to an aromatic ring is 1. The summed E-state index contributed by atoms with van der Waals surface area (Å²) in [5.41, 5.74) is 7.89. The van der Waals surface area contributed by atoms with Gasteiger partial charge in [0, 0.05) is 5.69 Å². The molecule has 1 amide bonds. The fourth-order valence-corrected chi connectivity index (χ4v) is 1.29. The molecule has 1 aromatic carbocycles. The van der Waals surface area contributed by atoms with Crippen LogP contribution < -0.4 is 11.5 Å². The van der Waals surface area contributed by atoms with Crippen LogP contribution in [0, 0.1) is 0 Å². The first-order chi connectivity index (χ1) is 6.73. The summed E-state index contributed by atoms with van der Waals surface area (Å²) < 4.78 is 37.0. The van der Waals surface area contributed by atoms with Crippen LogP contribution in [0.2, 0.25) is 5.02 Å². The molecule has 7 heteroatoms. The molecular weight excluding hydrogens is 233 g/mol. The maximum absolute atomic E-state index is 12.3. The Balaban J connectivity index is 3.43. The minimum absolute atomic E-state index is 0.201. The molecule has 0 bridgehead atoms. The Hall–Kier alpha value is -1.43. The molecule has 0 aliphatic rings. The Labute approximate surface area is 87.8 Å². The van der Waals surface area contributed by atoms with Crippen LogP contribution >= 0.6 is 11.6 Å². The molecule has 0 aliphatic heterocycles. The molecule has 0 heterocycles. The van der Waals surface area contributed by atoms with Crippen molar-refractivity contribution in [1.82, 2.24) is 0 Å². The number of amides is 1. The highest BCUT2D eigenvalue weighted by Crippen LogP contribution is 2.36. The van der Waals surface area contributed by atoms with Crippen LogP contribution in [0.4, 0.5) is 18.9 Å². The molecule has 82 valence electrons. The molecule has 1 rings (SSSR count). The molecule has 15 heavy (non-hydrogen) atoms. The number of primary amides is 1. The van der Waals surface area contributed by atoms with Gasteiger partial charge in [0.25, 0.3) is 0 Å². The van der Waals surface area contributed by atoms with Crippen molar-refractivity contribution in [1.29, 1.82) is 0 Å². The van der Waals surface area contributed by atoms with Crippen molar-refractivity contribution in [3.05, 3.63) is 28.3 Å². The molecule has 0 unspecified atom stereocenters. The molecule has 0 aliphatic carbocycles. The van der Waals surface area contributed by atoms with Gasteiger partial charge in [-0.25, -0.2) is 0 Å². The van der Waals surface area contributed by atoms with Crippen LogP contribution in [0.3, 0.4) is 0 Å². The fraction of sp³-hybridized carbons (Fsp3) is 0.125. The number of benzene rings is 1. The quantitative estimate of drug-likeness (QED) is 0.735. The van der Waals surface area contributed by atoms with Crippen molar-refractivity contribution < 1.29 is 18.0 Å². The third kappa shape index (κ3) is 2.33. The van der Waals surface area contributed by atoms with E-state index >= 15 is 0 Å². The molecule has 0 saturated heterocycles. The minimum atomic E-state index is -4.64. The second kappa shape index (κ2) is 3.62. The summed E-state index contributed by atoms with van der Waals surface area (Å²) in [5, 5.41) is -0.201. The number of carbonyl (C=O) groups is 1. The van der Waals surface area contributed by atoms with E-state index in [1.165, 1.54) is 0 Å². The third-order valence-electron chi connectivity index (χ3n) is 1.71. The molecule has 3 nitrogen and oxygen atoms in total. The van der Waals surface area contributed by atoms with E-state index in [0.717, 1.165) is 6.07 Å². The van der Waals surface area contributed by atoms with Gasteiger partial charge in [-0.05, 0) is 12.1 Å². The van der Waals surface area contributed by atoms with E-state index in [-0.39, 0.29) is 5.02 Å². The van der Waals surface area contributed by atoms with E-state index in [1.807, 2.05) is 0 Å². The fourth-order valence-electron chi connectivity index (χ4n) is 1.02. The molecule has 0 atom stereocenters. The van der Waals surface area contributed by atoms with Crippen molar-refractivity contribution >= 4 is 23.2 Å². The van der Waals surface area contributed by atoms with E-state index in [4.69, 9.17) is 23.1 Å². The topological polar surface area (TPSA) is 69.1 Å². The summed E-state index contributed by atoms with van der Waals surface area (Å²) >= 11 is 5.50. The zero-order valence-corrected chi connectivity index (χ0v) is 7.99. The van der Waals surface area contributed by atoms with Gasteiger partial charge in [-0.15, -0.1) is 0 Å². The summed E-state index contributed by atoms with van der Waals surface area (Å²) in [6.07, 6.45) is -4.64. The molecule has 4 N–H and O–H groups in total. The van der Waals surface area contributed by atoms with Crippen LogP contribution in [-0.4, -0.2) is 5.91 Å². The number of halogens is 4. The van der Waals surface area contributed by atoms with E-state index in [0.29, 0.717) is 6.07 Å². The predicted molar refractivity (Wildman–Crippen MR) is 49.4 cm³/mol. The van der Waals surface area contributed by atoms with Crippen molar-refractivity contribution in [2.75, 3.05) is 5.73 Å². The molecule has 0 aromatic heterocycles. The standard InChI is InChI=1S/C8H6ClF3N2O/c9-5-2-6(13)4(8(10,11)12)1-3(5)7(14)15/h1-2H,13H2,(H2,14,15). The summed E-state index contributed by atoms with van der Waals surface area (Å²) in [4.78, 5) is 10.7. The van der Waals surface area contributed by atoms with Gasteiger partial charge in [0.2, 0.25) is 5.91 Å². The highest BCUT2D eigenvalue weighted by Gasteiger charge is 2.34. The van der Waals surface area contributed by atoms with Gasteiger partial charge in [0.15, 0.2) is 0 Å². The third-order valence-corrected chi connectivity index (χ3v) is 2.02. The smallest absolute Gasteiger partial charge is 0.398 e. The second-order valence-corrected chi connectivity index (χ2v) is 3.19. The SMILES string of the molecule is NC(=O)c1cc(C(F)(F)F)c(N)cc1Cl. The molecule has 0 fully saturated rings. The van der Waals surface area contributed by atoms with Crippen molar-refractivity contribution in [3.8, 4) is 0 Å². The van der Waals surface area contributed by atoms with E-state index in [1.54, 1.807) is 0 Å². The van der Waals surface area contributed by atoms with Crippen molar-refractivity contribution in [2.45, 2.75) is 6.18 Å². The lowest BCUT2D eigenvalue weighted by Crippen LogP contribution is -2.15. The van der Waals surface area contributed by atoms with Crippen molar-refractivity contribution in [3.63, 3.8) is 0 Å². The lowest BCUT2D eigenvalue weighted by Gasteiger charge is -2.11. The number of anilines is 1. The first-order valence-electron chi connectivity index (χ1n) is 3.69. The summed E-state index contributed by atoms with van der Waals surface area (Å²) in [6.45, 7) is 0. The van der Waals surface area contributed by atoms with Gasteiger partial charge < -0.3 is 11.5 Å². The lowest BCUT2D eigenvalue weighted by molar-refractivity contribution is -0.136. The normalized spacial score (nSPS) is 11.5. The summed E-state index contributed by atoms with van der Waals surface area (Å²) in [6, 6.07) is 1.39. The molecule has 0 saturated carbocycles. The Bertz CT molecular complexity index is 417. The van der Waals surface area contributed by atoms with Gasteiger partial charge in [-0.3, -0.25) is 4.79 Å². The number of rotatable bonds is 1. The van der Waals surface area contributed by atoms with Crippen LogP contribution in [0.15, 0.2) is 12.1 Å². The molecule has 0 radical (unpaired) electrons. The van der Waals surface area contributed by atoms with E-state index in [9.17, 15) is 18.0 Å².